The van der Waals surface area contributed by atoms with E-state index in [-0.39, 0.29) is 0 Å². The molecule has 3 fully saturated rings. The van der Waals surface area contributed by atoms with Crippen molar-refractivity contribution >= 4 is 5.91 Å². The number of nitrogens with one attached hydrogen (secondary N) is 2. The van der Waals surface area contributed by atoms with E-state index in [9.17, 15) is 4.79 Å². The number of nitrogens with zero attached hydrogens (tertiary/aromatic N) is 1. The van der Waals surface area contributed by atoms with Gasteiger partial charge in [-0.15, -0.1) is 0 Å². The van der Waals surface area contributed by atoms with E-state index in [1.165, 1.54) is 25.7 Å². The number of rotatable bonds is 2. The molecule has 4 heteroatoms. The minimum absolute atomic E-state index is 0.311. The lowest BCUT2D eigenvalue weighted by Gasteiger charge is -2.35. The minimum Gasteiger partial charge on any atom is -0.315 e. The van der Waals surface area contributed by atoms with Crippen molar-refractivity contribution in [2.75, 3.05) is 13.1 Å². The number of hydrogen-bond acceptors (Lipinski definition) is 3. The Balaban J connectivity index is 1.60. The molecule has 2 unspecified atom stereocenters. The highest BCUT2D eigenvalue weighted by molar-refractivity contribution is 5.78. The molecule has 1 amide bonds. The molecular formula is C12H21N3O. The van der Waals surface area contributed by atoms with Gasteiger partial charge in [0.05, 0.1) is 6.04 Å². The fourth-order valence-corrected chi connectivity index (χ4v) is 3.06. The van der Waals surface area contributed by atoms with Gasteiger partial charge in [-0.3, -0.25) is 9.80 Å². The third kappa shape index (κ3) is 1.84. The molecule has 1 saturated carbocycles. The second-order valence-electron chi connectivity index (χ2n) is 5.39. The Morgan fingerprint density at radius 1 is 1.19 bits per heavy atom. The van der Waals surface area contributed by atoms with Crippen molar-refractivity contribution < 1.29 is 4.79 Å². The molecule has 0 bridgehead atoms. The van der Waals surface area contributed by atoms with Gasteiger partial charge in [0.25, 0.3) is 0 Å². The molecule has 0 aromatic rings. The number of carbonyl (C=O) groups is 1. The van der Waals surface area contributed by atoms with E-state index >= 15 is 0 Å². The van der Waals surface area contributed by atoms with Gasteiger partial charge in [0.15, 0.2) is 0 Å². The van der Waals surface area contributed by atoms with Crippen molar-refractivity contribution in [3.8, 4) is 0 Å². The molecule has 16 heavy (non-hydrogen) atoms. The number of piperidine rings is 1. The van der Waals surface area contributed by atoms with Crippen LogP contribution in [-0.2, 0) is 4.79 Å². The average Bonchev–Trinajstić information content (AvgIpc) is 2.59. The Morgan fingerprint density at radius 3 is 2.69 bits per heavy atom. The number of amides is 1. The third-order valence-corrected chi connectivity index (χ3v) is 4.32. The summed E-state index contributed by atoms with van der Waals surface area (Å²) in [4.78, 5) is 12.0. The smallest absolute Gasteiger partial charge is 0.238 e. The van der Waals surface area contributed by atoms with Gasteiger partial charge in [-0.05, 0) is 38.1 Å². The van der Waals surface area contributed by atoms with E-state index in [0.29, 0.717) is 18.0 Å². The third-order valence-electron chi connectivity index (χ3n) is 4.32. The van der Waals surface area contributed by atoms with Crippen LogP contribution in [0.1, 0.15) is 38.5 Å². The Morgan fingerprint density at radius 2 is 2.06 bits per heavy atom. The van der Waals surface area contributed by atoms with E-state index in [1.807, 2.05) is 5.01 Å². The molecule has 2 heterocycles. The number of hydrazine groups is 1. The van der Waals surface area contributed by atoms with Crippen LogP contribution >= 0.6 is 0 Å². The first-order valence-corrected chi connectivity index (χ1v) is 6.63. The Kier molecular flexibility index (Phi) is 2.86. The van der Waals surface area contributed by atoms with Crippen LogP contribution in [-0.4, -0.2) is 36.1 Å². The maximum atomic E-state index is 12.0. The van der Waals surface area contributed by atoms with E-state index in [4.69, 9.17) is 0 Å². The molecule has 0 aromatic heterocycles. The van der Waals surface area contributed by atoms with Crippen LogP contribution in [0.25, 0.3) is 0 Å². The zero-order valence-corrected chi connectivity index (χ0v) is 9.74. The summed E-state index contributed by atoms with van der Waals surface area (Å²) in [6, 6.07) is 0.814. The monoisotopic (exact) mass is 223 g/mol. The molecule has 0 radical (unpaired) electrons. The summed E-state index contributed by atoms with van der Waals surface area (Å²) in [6.07, 6.45) is 7.01. The molecule has 3 aliphatic rings. The van der Waals surface area contributed by atoms with Crippen molar-refractivity contribution in [1.29, 1.82) is 0 Å². The maximum absolute atomic E-state index is 12.0. The summed E-state index contributed by atoms with van der Waals surface area (Å²) < 4.78 is 0. The van der Waals surface area contributed by atoms with Crippen molar-refractivity contribution in [3.63, 3.8) is 0 Å². The van der Waals surface area contributed by atoms with Crippen LogP contribution in [0.15, 0.2) is 0 Å². The molecule has 0 spiro atoms. The van der Waals surface area contributed by atoms with Crippen molar-refractivity contribution in [2.45, 2.75) is 50.6 Å². The Bertz CT molecular complexity index is 271. The van der Waals surface area contributed by atoms with Gasteiger partial charge in [0.1, 0.15) is 0 Å². The molecule has 2 aliphatic heterocycles. The first-order chi connectivity index (χ1) is 7.84. The van der Waals surface area contributed by atoms with E-state index in [0.717, 1.165) is 31.8 Å². The van der Waals surface area contributed by atoms with Gasteiger partial charge in [0, 0.05) is 19.0 Å². The van der Waals surface area contributed by atoms with Crippen LogP contribution in [0, 0.1) is 5.92 Å². The lowest BCUT2D eigenvalue weighted by atomic mass is 9.79. The molecule has 3 rings (SSSR count). The highest BCUT2D eigenvalue weighted by Crippen LogP contribution is 2.33. The second-order valence-corrected chi connectivity index (χ2v) is 5.39. The second kappa shape index (κ2) is 4.34. The van der Waals surface area contributed by atoms with E-state index in [1.54, 1.807) is 0 Å². The normalized spacial score (nSPS) is 36.5. The SMILES string of the molecule is O=C1CC(C2CCC2)NN1C1CCCNC1. The molecule has 90 valence electrons. The molecule has 2 saturated heterocycles. The maximum Gasteiger partial charge on any atom is 0.238 e. The zero-order valence-electron chi connectivity index (χ0n) is 9.74. The van der Waals surface area contributed by atoms with Crippen molar-refractivity contribution in [2.24, 2.45) is 5.92 Å². The van der Waals surface area contributed by atoms with Gasteiger partial charge in [-0.2, -0.15) is 0 Å². The van der Waals surface area contributed by atoms with Crippen LogP contribution in [0.3, 0.4) is 0 Å². The summed E-state index contributed by atoms with van der Waals surface area (Å²) in [5.74, 6) is 1.07. The average molecular weight is 223 g/mol. The standard InChI is InChI=1S/C12H21N3O/c16-12-7-11(9-3-1-4-9)14-15(12)10-5-2-6-13-8-10/h9-11,13-14H,1-8H2. The van der Waals surface area contributed by atoms with E-state index in [2.05, 4.69) is 10.7 Å². The first kappa shape index (κ1) is 10.5. The molecule has 2 N–H and O–H groups in total. The highest BCUT2D eigenvalue weighted by Gasteiger charge is 2.39. The number of hydrogen-bond donors (Lipinski definition) is 2. The van der Waals surface area contributed by atoms with Gasteiger partial charge < -0.3 is 5.32 Å². The van der Waals surface area contributed by atoms with Gasteiger partial charge in [-0.1, -0.05) is 6.42 Å². The Hall–Kier alpha value is -0.610. The van der Waals surface area contributed by atoms with Crippen LogP contribution < -0.4 is 10.7 Å². The minimum atomic E-state index is 0.311. The molecular weight excluding hydrogens is 202 g/mol. The first-order valence-electron chi connectivity index (χ1n) is 6.63. The topological polar surface area (TPSA) is 44.4 Å². The largest absolute Gasteiger partial charge is 0.315 e. The molecule has 2 atom stereocenters. The lowest BCUT2D eigenvalue weighted by molar-refractivity contribution is -0.132. The predicted molar refractivity (Wildman–Crippen MR) is 61.6 cm³/mol. The fraction of sp³-hybridized carbons (Fsp3) is 0.917. The summed E-state index contributed by atoms with van der Waals surface area (Å²) in [6.45, 7) is 2.06. The van der Waals surface area contributed by atoms with Gasteiger partial charge in [0.2, 0.25) is 5.91 Å². The summed E-state index contributed by atoms with van der Waals surface area (Å²) in [5.41, 5.74) is 3.46. The van der Waals surface area contributed by atoms with Gasteiger partial charge in [-0.25, -0.2) is 5.43 Å². The predicted octanol–water partition coefficient (Wildman–Crippen LogP) is 0.644. The summed E-state index contributed by atoms with van der Waals surface area (Å²) >= 11 is 0. The zero-order chi connectivity index (χ0) is 11.0. The highest BCUT2D eigenvalue weighted by atomic mass is 16.2. The summed E-state index contributed by atoms with van der Waals surface area (Å²) in [5, 5.41) is 5.30. The molecule has 1 aliphatic carbocycles. The van der Waals surface area contributed by atoms with Crippen molar-refractivity contribution in [3.05, 3.63) is 0 Å². The van der Waals surface area contributed by atoms with Crippen LogP contribution in [0.5, 0.6) is 0 Å². The quantitative estimate of drug-likeness (QED) is 0.722. The van der Waals surface area contributed by atoms with Crippen LogP contribution in [0.2, 0.25) is 0 Å². The van der Waals surface area contributed by atoms with E-state index < -0.39 is 0 Å². The Labute approximate surface area is 96.7 Å². The van der Waals surface area contributed by atoms with Gasteiger partial charge >= 0.3 is 0 Å². The lowest BCUT2D eigenvalue weighted by Crippen LogP contribution is -2.52. The van der Waals surface area contributed by atoms with Crippen molar-refractivity contribution in [1.82, 2.24) is 15.8 Å². The molecule has 4 nitrogen and oxygen atoms in total. The molecule has 0 aromatic carbocycles. The summed E-state index contributed by atoms with van der Waals surface area (Å²) in [7, 11) is 0. The fourth-order valence-electron chi connectivity index (χ4n) is 3.06. The number of carbonyl (C=O) groups excluding carboxylic acids is 1. The van der Waals surface area contributed by atoms with Crippen LogP contribution in [0.4, 0.5) is 0 Å².